The minimum absolute atomic E-state index is 0.150. The fraction of sp³-hybridized carbons (Fsp3) is 0.364. The number of imidazole rings is 1. The molecular formula is C11H12F2N2O. The third-order valence-corrected chi connectivity index (χ3v) is 2.14. The summed E-state index contributed by atoms with van der Waals surface area (Å²) in [6.45, 7) is 2.89. The molecule has 0 radical (unpaired) electrons. The third kappa shape index (κ3) is 2.19. The maximum Gasteiger partial charge on any atom is 0.153 e. The number of nitrogens with zero attached hydrogens (tertiary/aromatic N) is 1. The first-order chi connectivity index (χ1) is 7.70. The van der Waals surface area contributed by atoms with Gasteiger partial charge >= 0.3 is 0 Å². The predicted molar refractivity (Wildman–Crippen MR) is 56.0 cm³/mol. The average molecular weight is 226 g/mol. The molecule has 2 aromatic rings. The van der Waals surface area contributed by atoms with Crippen LogP contribution < -0.4 is 0 Å². The van der Waals surface area contributed by atoms with Crippen LogP contribution in [-0.2, 0) is 11.3 Å². The summed E-state index contributed by atoms with van der Waals surface area (Å²) in [6, 6.07) is 2.04. The van der Waals surface area contributed by atoms with E-state index in [4.69, 9.17) is 4.74 Å². The number of aromatic amines is 1. The Labute approximate surface area is 91.4 Å². The summed E-state index contributed by atoms with van der Waals surface area (Å²) in [5, 5.41) is 0. The molecule has 0 unspecified atom stereocenters. The molecule has 1 aromatic carbocycles. The fourth-order valence-corrected chi connectivity index (χ4v) is 1.47. The molecule has 1 heterocycles. The van der Waals surface area contributed by atoms with E-state index in [2.05, 4.69) is 9.97 Å². The lowest BCUT2D eigenvalue weighted by Crippen LogP contribution is -1.95. The fourth-order valence-electron chi connectivity index (χ4n) is 1.47. The van der Waals surface area contributed by atoms with Crippen molar-refractivity contribution in [3.63, 3.8) is 0 Å². The van der Waals surface area contributed by atoms with Crippen LogP contribution in [-0.4, -0.2) is 16.6 Å². The van der Waals surface area contributed by atoms with Crippen molar-refractivity contribution in [1.82, 2.24) is 9.97 Å². The number of benzene rings is 1. The van der Waals surface area contributed by atoms with Crippen molar-refractivity contribution in [2.24, 2.45) is 0 Å². The molecule has 0 atom stereocenters. The summed E-state index contributed by atoms with van der Waals surface area (Å²) in [6.07, 6.45) is 0.906. The Morgan fingerprint density at radius 1 is 1.38 bits per heavy atom. The molecule has 0 spiro atoms. The van der Waals surface area contributed by atoms with Gasteiger partial charge in [0.05, 0.1) is 5.52 Å². The van der Waals surface area contributed by atoms with E-state index in [-0.39, 0.29) is 12.1 Å². The zero-order valence-corrected chi connectivity index (χ0v) is 8.89. The van der Waals surface area contributed by atoms with E-state index in [1.54, 1.807) is 0 Å². The van der Waals surface area contributed by atoms with E-state index in [0.717, 1.165) is 12.5 Å². The molecule has 2 rings (SSSR count). The zero-order valence-electron chi connectivity index (χ0n) is 8.89. The lowest BCUT2D eigenvalue weighted by molar-refractivity contribution is 0.117. The van der Waals surface area contributed by atoms with Gasteiger partial charge in [0.1, 0.15) is 23.8 Å². The number of ether oxygens (including phenoxy) is 1. The molecule has 0 aliphatic heterocycles. The number of fused-ring (bicyclic) bond motifs is 1. The smallest absolute Gasteiger partial charge is 0.153 e. The van der Waals surface area contributed by atoms with Crippen LogP contribution in [0.5, 0.6) is 0 Å². The minimum atomic E-state index is -0.659. The molecule has 1 N–H and O–H groups in total. The number of hydrogen-bond donors (Lipinski definition) is 1. The van der Waals surface area contributed by atoms with Crippen LogP contribution in [0.4, 0.5) is 8.78 Å². The van der Waals surface area contributed by atoms with Crippen LogP contribution in [0.1, 0.15) is 19.2 Å². The second-order valence-electron chi connectivity index (χ2n) is 3.52. The summed E-state index contributed by atoms with van der Waals surface area (Å²) in [5.74, 6) is -0.768. The molecule has 0 fully saturated rings. The lowest BCUT2D eigenvalue weighted by atomic mass is 10.3. The number of halogens is 2. The first-order valence-corrected chi connectivity index (χ1v) is 5.12. The van der Waals surface area contributed by atoms with E-state index >= 15 is 0 Å². The Balaban J connectivity index is 2.26. The van der Waals surface area contributed by atoms with Crippen molar-refractivity contribution >= 4 is 11.0 Å². The van der Waals surface area contributed by atoms with Crippen LogP contribution in [0.2, 0.25) is 0 Å². The summed E-state index contributed by atoms with van der Waals surface area (Å²) in [4.78, 5) is 6.82. The number of rotatable bonds is 4. The van der Waals surface area contributed by atoms with E-state index in [1.165, 1.54) is 6.07 Å². The van der Waals surface area contributed by atoms with Gasteiger partial charge in [-0.05, 0) is 12.5 Å². The van der Waals surface area contributed by atoms with Gasteiger partial charge < -0.3 is 9.72 Å². The monoisotopic (exact) mass is 226 g/mol. The SMILES string of the molecule is CCCOCc1nc2c(F)cc(F)cc2[nH]1. The Bertz CT molecular complexity index is 496. The molecule has 16 heavy (non-hydrogen) atoms. The summed E-state index contributed by atoms with van der Waals surface area (Å²) in [5.41, 5.74) is 0.504. The van der Waals surface area contributed by atoms with Crippen LogP contribution >= 0.6 is 0 Å². The summed E-state index contributed by atoms with van der Waals surface area (Å²) >= 11 is 0. The topological polar surface area (TPSA) is 37.9 Å². The van der Waals surface area contributed by atoms with Gasteiger partial charge in [-0.2, -0.15) is 0 Å². The summed E-state index contributed by atoms with van der Waals surface area (Å²) in [7, 11) is 0. The molecule has 3 nitrogen and oxygen atoms in total. The second-order valence-corrected chi connectivity index (χ2v) is 3.52. The van der Waals surface area contributed by atoms with Gasteiger partial charge in [0, 0.05) is 12.7 Å². The van der Waals surface area contributed by atoms with Crippen molar-refractivity contribution in [3.8, 4) is 0 Å². The molecule has 1 aromatic heterocycles. The number of nitrogens with one attached hydrogen (secondary N) is 1. The van der Waals surface area contributed by atoms with Crippen molar-refractivity contribution < 1.29 is 13.5 Å². The molecule has 0 bridgehead atoms. The predicted octanol–water partition coefficient (Wildman–Crippen LogP) is 2.77. The van der Waals surface area contributed by atoms with Gasteiger partial charge in [0.25, 0.3) is 0 Å². The largest absolute Gasteiger partial charge is 0.374 e. The molecular weight excluding hydrogens is 214 g/mol. The zero-order chi connectivity index (χ0) is 11.5. The summed E-state index contributed by atoms with van der Waals surface area (Å²) < 4.78 is 31.4. The van der Waals surface area contributed by atoms with Crippen molar-refractivity contribution in [3.05, 3.63) is 29.6 Å². The second kappa shape index (κ2) is 4.57. The third-order valence-electron chi connectivity index (χ3n) is 2.14. The van der Waals surface area contributed by atoms with Crippen molar-refractivity contribution in [2.75, 3.05) is 6.61 Å². The number of hydrogen-bond acceptors (Lipinski definition) is 2. The normalized spacial score (nSPS) is 11.2. The lowest BCUT2D eigenvalue weighted by Gasteiger charge is -1.97. The van der Waals surface area contributed by atoms with Crippen LogP contribution in [0.3, 0.4) is 0 Å². The van der Waals surface area contributed by atoms with Gasteiger partial charge in [0.15, 0.2) is 5.82 Å². The highest BCUT2D eigenvalue weighted by Gasteiger charge is 2.09. The standard InChI is InChI=1S/C11H12F2N2O/c1-2-3-16-6-10-14-9-5-7(12)4-8(13)11(9)15-10/h4-5H,2-3,6H2,1H3,(H,14,15). The van der Waals surface area contributed by atoms with Gasteiger partial charge in [0.2, 0.25) is 0 Å². The van der Waals surface area contributed by atoms with E-state index in [1.807, 2.05) is 6.92 Å². The van der Waals surface area contributed by atoms with Crippen LogP contribution in [0.15, 0.2) is 12.1 Å². The molecule has 0 aliphatic carbocycles. The van der Waals surface area contributed by atoms with Gasteiger partial charge in [-0.25, -0.2) is 13.8 Å². The van der Waals surface area contributed by atoms with Crippen molar-refractivity contribution in [2.45, 2.75) is 20.0 Å². The first kappa shape index (κ1) is 11.0. The highest BCUT2D eigenvalue weighted by Crippen LogP contribution is 2.17. The minimum Gasteiger partial charge on any atom is -0.374 e. The molecule has 0 aliphatic rings. The van der Waals surface area contributed by atoms with Gasteiger partial charge in [-0.3, -0.25) is 0 Å². The molecule has 86 valence electrons. The Hall–Kier alpha value is -1.49. The molecule has 0 amide bonds. The van der Waals surface area contributed by atoms with E-state index in [9.17, 15) is 8.78 Å². The highest BCUT2D eigenvalue weighted by atomic mass is 19.1. The molecule has 5 heteroatoms. The Kier molecular flexibility index (Phi) is 3.14. The van der Waals surface area contributed by atoms with Crippen molar-refractivity contribution in [1.29, 1.82) is 0 Å². The Morgan fingerprint density at radius 2 is 2.19 bits per heavy atom. The maximum atomic E-state index is 13.3. The van der Waals surface area contributed by atoms with Gasteiger partial charge in [-0.15, -0.1) is 0 Å². The first-order valence-electron chi connectivity index (χ1n) is 5.12. The van der Waals surface area contributed by atoms with E-state index < -0.39 is 11.6 Å². The van der Waals surface area contributed by atoms with Crippen LogP contribution in [0.25, 0.3) is 11.0 Å². The van der Waals surface area contributed by atoms with E-state index in [0.29, 0.717) is 17.9 Å². The number of H-pyrrole nitrogens is 1. The van der Waals surface area contributed by atoms with Gasteiger partial charge in [-0.1, -0.05) is 6.92 Å². The molecule has 0 saturated carbocycles. The molecule has 0 saturated heterocycles. The Morgan fingerprint density at radius 3 is 2.94 bits per heavy atom. The highest BCUT2D eigenvalue weighted by molar-refractivity contribution is 5.75. The maximum absolute atomic E-state index is 13.3. The quantitative estimate of drug-likeness (QED) is 0.814. The van der Waals surface area contributed by atoms with Crippen LogP contribution in [0, 0.1) is 11.6 Å². The number of aromatic nitrogens is 2. The average Bonchev–Trinajstić information content (AvgIpc) is 2.61.